The van der Waals surface area contributed by atoms with Crippen molar-refractivity contribution in [2.75, 3.05) is 32.2 Å². The summed E-state index contributed by atoms with van der Waals surface area (Å²) >= 11 is 0. The van der Waals surface area contributed by atoms with Crippen LogP contribution in [0.15, 0.2) is 36.4 Å². The van der Waals surface area contributed by atoms with E-state index in [0.29, 0.717) is 18.0 Å². The third-order valence-corrected chi connectivity index (χ3v) is 6.44. The van der Waals surface area contributed by atoms with Gasteiger partial charge in [0.1, 0.15) is 5.69 Å². The fourth-order valence-corrected chi connectivity index (χ4v) is 4.65. The first-order chi connectivity index (χ1) is 14.0. The molecule has 0 saturated carbocycles. The van der Waals surface area contributed by atoms with Gasteiger partial charge in [0.05, 0.1) is 20.8 Å². The second kappa shape index (κ2) is 7.71. The largest absolute Gasteiger partial charge is 0.493 e. The van der Waals surface area contributed by atoms with Crippen LogP contribution in [0.1, 0.15) is 42.4 Å². The van der Waals surface area contributed by atoms with Gasteiger partial charge in [-0.25, -0.2) is 9.48 Å². The van der Waals surface area contributed by atoms with Gasteiger partial charge < -0.3 is 14.6 Å². The number of methoxy groups -OCH3 is 2. The Kier molecular flexibility index (Phi) is 5.26. The monoisotopic (exact) mass is 395 g/mol. The van der Waals surface area contributed by atoms with E-state index < -0.39 is 5.72 Å². The first-order valence-electron chi connectivity index (χ1n) is 10.4. The standard InChI is InChI=1S/C24H31N2O3/c1-17-9-8-10-20(18(17)2)25-16-24(27,26-14-7-5-6-11-23(25)26)19-12-13-21(28-3)22(15-19)29-4/h8-10,12-13,15,27H,5-7,11,14,16H2,1-4H3/q+1/t24-/m0/s1. The predicted octanol–water partition coefficient (Wildman–Crippen LogP) is 3.97. The van der Waals surface area contributed by atoms with Gasteiger partial charge in [-0.1, -0.05) is 12.1 Å². The molecule has 0 saturated heterocycles. The van der Waals surface area contributed by atoms with Gasteiger partial charge in [-0.15, -0.1) is 0 Å². The number of aliphatic hydroxyl groups is 1. The Labute approximate surface area is 173 Å². The smallest absolute Gasteiger partial charge is 0.271 e. The van der Waals surface area contributed by atoms with Crippen molar-refractivity contribution in [1.29, 1.82) is 0 Å². The summed E-state index contributed by atoms with van der Waals surface area (Å²) in [6, 6.07) is 12.2. The lowest BCUT2D eigenvalue weighted by Gasteiger charge is -2.24. The second-order valence-electron chi connectivity index (χ2n) is 8.07. The summed E-state index contributed by atoms with van der Waals surface area (Å²) in [6.07, 6.45) is 4.39. The molecule has 5 nitrogen and oxygen atoms in total. The molecule has 1 N–H and O–H groups in total. The molecule has 2 aromatic rings. The minimum absolute atomic E-state index is 0.502. The Morgan fingerprint density at radius 1 is 1.00 bits per heavy atom. The highest BCUT2D eigenvalue weighted by Gasteiger charge is 2.52. The molecule has 0 bridgehead atoms. The Hall–Kier alpha value is -2.53. The minimum atomic E-state index is -1.10. The number of rotatable bonds is 4. The first kappa shape index (κ1) is 19.8. The fourth-order valence-electron chi connectivity index (χ4n) is 4.65. The van der Waals surface area contributed by atoms with Gasteiger partial charge in [0.2, 0.25) is 0 Å². The van der Waals surface area contributed by atoms with Gasteiger partial charge >= 0.3 is 0 Å². The zero-order valence-electron chi connectivity index (χ0n) is 17.9. The van der Waals surface area contributed by atoms with Gasteiger partial charge in [0, 0.05) is 12.0 Å². The van der Waals surface area contributed by atoms with Crippen molar-refractivity contribution < 1.29 is 19.2 Å². The van der Waals surface area contributed by atoms with Gasteiger partial charge in [0.25, 0.3) is 11.6 Å². The van der Waals surface area contributed by atoms with E-state index in [1.165, 1.54) is 29.1 Å². The molecule has 2 heterocycles. The summed E-state index contributed by atoms with van der Waals surface area (Å²) in [4.78, 5) is 2.32. The van der Waals surface area contributed by atoms with Crippen LogP contribution in [0.2, 0.25) is 0 Å². The van der Waals surface area contributed by atoms with Crippen LogP contribution < -0.4 is 14.4 Å². The van der Waals surface area contributed by atoms with Gasteiger partial charge in [-0.2, -0.15) is 0 Å². The molecule has 0 amide bonds. The van der Waals surface area contributed by atoms with Gasteiger partial charge in [-0.3, -0.25) is 0 Å². The number of benzene rings is 2. The van der Waals surface area contributed by atoms with Crippen LogP contribution in [-0.4, -0.2) is 42.8 Å². The number of aryl methyl sites for hydroxylation is 1. The van der Waals surface area contributed by atoms with Crippen LogP contribution in [0.5, 0.6) is 11.5 Å². The quantitative estimate of drug-likeness (QED) is 0.796. The average Bonchev–Trinajstić information content (AvgIpc) is 2.89. The first-order valence-corrected chi connectivity index (χ1v) is 10.4. The molecule has 0 radical (unpaired) electrons. The highest BCUT2D eigenvalue weighted by molar-refractivity contribution is 5.96. The molecule has 2 aliphatic rings. The second-order valence-corrected chi connectivity index (χ2v) is 8.07. The number of anilines is 1. The fraction of sp³-hybridized carbons (Fsp3) is 0.458. The normalized spacial score (nSPS) is 21.8. The van der Waals surface area contributed by atoms with E-state index in [0.717, 1.165) is 31.4 Å². The highest BCUT2D eigenvalue weighted by atomic mass is 16.5. The molecule has 5 heteroatoms. The number of hydrogen-bond acceptors (Lipinski definition) is 4. The summed E-state index contributed by atoms with van der Waals surface area (Å²) in [5, 5.41) is 12.0. The summed E-state index contributed by atoms with van der Waals surface area (Å²) in [5.41, 5.74) is 3.45. The molecule has 1 atom stereocenters. The van der Waals surface area contributed by atoms with Crippen molar-refractivity contribution in [3.8, 4) is 11.5 Å². The summed E-state index contributed by atoms with van der Waals surface area (Å²) in [5.74, 6) is 2.53. The summed E-state index contributed by atoms with van der Waals surface area (Å²) < 4.78 is 13.1. The maximum atomic E-state index is 12.0. The van der Waals surface area contributed by atoms with Crippen LogP contribution >= 0.6 is 0 Å². The molecule has 154 valence electrons. The molecule has 2 aliphatic heterocycles. The third kappa shape index (κ3) is 3.27. The highest BCUT2D eigenvalue weighted by Crippen LogP contribution is 2.39. The molecule has 0 unspecified atom stereocenters. The number of amidine groups is 1. The number of ether oxygens (including phenoxy) is 2. The summed E-state index contributed by atoms with van der Waals surface area (Å²) in [6.45, 7) is 5.66. The Morgan fingerprint density at radius 3 is 2.55 bits per heavy atom. The topological polar surface area (TPSA) is 44.9 Å². The van der Waals surface area contributed by atoms with E-state index in [1.807, 2.05) is 18.2 Å². The minimum Gasteiger partial charge on any atom is -0.493 e. The molecule has 0 spiro atoms. The van der Waals surface area contributed by atoms with Gasteiger partial charge in [-0.05, 0) is 68.5 Å². The summed E-state index contributed by atoms with van der Waals surface area (Å²) in [7, 11) is 3.26. The predicted molar refractivity (Wildman–Crippen MR) is 115 cm³/mol. The van der Waals surface area contributed by atoms with Crippen molar-refractivity contribution in [3.05, 3.63) is 53.1 Å². The lowest BCUT2D eigenvalue weighted by molar-refractivity contribution is -0.658. The SMILES string of the molecule is COc1ccc([C@@]2(O)CN(c3cccc(C)c3C)C3=[N+]2CCCCC3)cc1OC. The van der Waals surface area contributed by atoms with Crippen LogP contribution in [0.3, 0.4) is 0 Å². The van der Waals surface area contributed by atoms with Crippen LogP contribution in [0.4, 0.5) is 5.69 Å². The van der Waals surface area contributed by atoms with E-state index in [-0.39, 0.29) is 0 Å². The van der Waals surface area contributed by atoms with Gasteiger partial charge in [0.15, 0.2) is 18.0 Å². The van der Waals surface area contributed by atoms with Crippen LogP contribution in [0.25, 0.3) is 0 Å². The number of nitrogens with zero attached hydrogens (tertiary/aromatic N) is 2. The van der Waals surface area contributed by atoms with E-state index in [1.54, 1.807) is 14.2 Å². The van der Waals surface area contributed by atoms with Crippen molar-refractivity contribution in [2.45, 2.75) is 45.3 Å². The van der Waals surface area contributed by atoms with E-state index in [2.05, 4.69) is 41.5 Å². The maximum Gasteiger partial charge on any atom is 0.271 e. The maximum absolute atomic E-state index is 12.0. The molecule has 0 aliphatic carbocycles. The Bertz CT molecular complexity index is 953. The average molecular weight is 396 g/mol. The van der Waals surface area contributed by atoms with E-state index >= 15 is 0 Å². The van der Waals surface area contributed by atoms with Crippen LogP contribution in [0, 0.1) is 13.8 Å². The molecular weight excluding hydrogens is 364 g/mol. The molecule has 0 fully saturated rings. The lowest BCUT2D eigenvalue weighted by atomic mass is 10.0. The zero-order valence-corrected chi connectivity index (χ0v) is 17.9. The molecule has 29 heavy (non-hydrogen) atoms. The van der Waals surface area contributed by atoms with Crippen molar-refractivity contribution in [3.63, 3.8) is 0 Å². The van der Waals surface area contributed by atoms with Crippen molar-refractivity contribution in [1.82, 2.24) is 0 Å². The van der Waals surface area contributed by atoms with Crippen LogP contribution in [-0.2, 0) is 5.72 Å². The zero-order chi connectivity index (χ0) is 20.6. The molecular formula is C24H31N2O3+. The third-order valence-electron chi connectivity index (χ3n) is 6.44. The molecule has 4 rings (SSSR count). The molecule has 2 aromatic carbocycles. The van der Waals surface area contributed by atoms with Crippen molar-refractivity contribution in [2.24, 2.45) is 0 Å². The Morgan fingerprint density at radius 2 is 1.79 bits per heavy atom. The van der Waals surface area contributed by atoms with Crippen molar-refractivity contribution >= 4 is 11.5 Å². The number of β-amino-alcohol motifs (C(OH)–C–C–N with tert-alkyl or cyclic N) is 1. The number of hydrogen-bond donors (Lipinski definition) is 1. The molecule has 0 aromatic heterocycles. The Balaban J connectivity index is 1.84. The van der Waals surface area contributed by atoms with E-state index in [9.17, 15) is 5.11 Å². The lowest BCUT2D eigenvalue weighted by Crippen LogP contribution is -2.41. The van der Waals surface area contributed by atoms with E-state index in [4.69, 9.17) is 9.47 Å².